The highest BCUT2D eigenvalue weighted by Crippen LogP contribution is 2.32. The van der Waals surface area contributed by atoms with E-state index in [9.17, 15) is 4.79 Å². The highest BCUT2D eigenvalue weighted by Gasteiger charge is 2.20. The second-order valence-corrected chi connectivity index (χ2v) is 9.14. The fourth-order valence-electron chi connectivity index (χ4n) is 4.64. The van der Waals surface area contributed by atoms with Gasteiger partial charge < -0.3 is 30.3 Å². The largest absolute Gasteiger partial charge is 0.378 e. The summed E-state index contributed by atoms with van der Waals surface area (Å²) in [5.41, 5.74) is 9.86. The number of amides is 2. The van der Waals surface area contributed by atoms with E-state index in [0.717, 1.165) is 46.6 Å². The minimum Gasteiger partial charge on any atom is -0.378 e. The molecule has 6 rings (SSSR count). The van der Waals surface area contributed by atoms with Crippen molar-refractivity contribution in [1.29, 1.82) is 0 Å². The molecule has 0 radical (unpaired) electrons. The number of hydrogen-bond acceptors (Lipinski definition) is 9. The Bertz CT molecular complexity index is 1450. The van der Waals surface area contributed by atoms with E-state index in [0.29, 0.717) is 50.9 Å². The summed E-state index contributed by atoms with van der Waals surface area (Å²) in [6, 6.07) is 13.9. The molecule has 2 aromatic heterocycles. The van der Waals surface area contributed by atoms with Gasteiger partial charge in [-0.1, -0.05) is 18.2 Å². The monoisotopic (exact) mass is 512 g/mol. The molecule has 2 fully saturated rings. The van der Waals surface area contributed by atoms with Crippen molar-refractivity contribution in [3.63, 3.8) is 0 Å². The molecule has 38 heavy (non-hydrogen) atoms. The summed E-state index contributed by atoms with van der Waals surface area (Å²) in [6.07, 6.45) is 3.27. The predicted molar refractivity (Wildman–Crippen MR) is 145 cm³/mol. The molecule has 0 bridgehead atoms. The minimum atomic E-state index is -0.123. The first-order chi connectivity index (χ1) is 18.6. The zero-order chi connectivity index (χ0) is 25.9. The number of urea groups is 1. The van der Waals surface area contributed by atoms with Gasteiger partial charge in [-0.15, -0.1) is 0 Å². The van der Waals surface area contributed by atoms with Gasteiger partial charge in [0.05, 0.1) is 37.5 Å². The van der Waals surface area contributed by atoms with E-state index in [4.69, 9.17) is 25.2 Å². The number of aromatic nitrogens is 4. The van der Waals surface area contributed by atoms with Gasteiger partial charge in [0.25, 0.3) is 0 Å². The van der Waals surface area contributed by atoms with Gasteiger partial charge in [-0.05, 0) is 35.4 Å². The minimum absolute atomic E-state index is 0.123. The van der Waals surface area contributed by atoms with Crippen molar-refractivity contribution in [2.24, 2.45) is 0 Å². The number of carbonyl (C=O) groups is 1. The van der Waals surface area contributed by atoms with Gasteiger partial charge in [0.2, 0.25) is 5.95 Å². The van der Waals surface area contributed by atoms with Crippen LogP contribution in [-0.4, -0.2) is 83.5 Å². The van der Waals surface area contributed by atoms with Crippen molar-refractivity contribution < 1.29 is 14.3 Å². The molecule has 0 unspecified atom stereocenters. The quantitative estimate of drug-likeness (QED) is 0.423. The summed E-state index contributed by atoms with van der Waals surface area (Å²) in [4.78, 5) is 34.7. The number of ether oxygens (including phenoxy) is 2. The summed E-state index contributed by atoms with van der Waals surface area (Å²) in [5.74, 6) is 1.58. The molecule has 2 saturated heterocycles. The van der Waals surface area contributed by atoms with Crippen molar-refractivity contribution in [3.05, 3.63) is 54.9 Å². The Kier molecular flexibility index (Phi) is 6.67. The molecule has 2 amide bonds. The van der Waals surface area contributed by atoms with Crippen LogP contribution in [0.2, 0.25) is 0 Å². The maximum atomic E-state index is 12.7. The molecule has 0 aliphatic carbocycles. The second kappa shape index (κ2) is 10.6. The normalized spacial score (nSPS) is 16.0. The van der Waals surface area contributed by atoms with Gasteiger partial charge in [0.1, 0.15) is 5.82 Å². The van der Waals surface area contributed by atoms with Gasteiger partial charge in [0.15, 0.2) is 5.82 Å². The number of fused-ring (bicyclic) bond motifs is 1. The lowest BCUT2D eigenvalue weighted by Crippen LogP contribution is -2.43. The summed E-state index contributed by atoms with van der Waals surface area (Å²) >= 11 is 0. The van der Waals surface area contributed by atoms with Crippen molar-refractivity contribution >= 4 is 34.4 Å². The summed E-state index contributed by atoms with van der Waals surface area (Å²) in [5, 5.41) is 3.96. The van der Waals surface area contributed by atoms with Crippen LogP contribution in [0.15, 0.2) is 54.9 Å². The van der Waals surface area contributed by atoms with Crippen molar-refractivity contribution in [3.8, 4) is 22.5 Å². The average molecular weight is 513 g/mol. The van der Waals surface area contributed by atoms with Gasteiger partial charge in [-0.25, -0.2) is 24.7 Å². The Morgan fingerprint density at radius 3 is 2.32 bits per heavy atom. The van der Waals surface area contributed by atoms with Crippen molar-refractivity contribution in [2.75, 3.05) is 68.6 Å². The molecular formula is C27H28N8O3. The zero-order valence-electron chi connectivity index (χ0n) is 20.8. The number of anilines is 3. The van der Waals surface area contributed by atoms with Crippen LogP contribution < -0.4 is 16.0 Å². The number of nitrogens with one attached hydrogen (secondary N) is 1. The lowest BCUT2D eigenvalue weighted by atomic mass is 10.0. The van der Waals surface area contributed by atoms with Crippen LogP contribution in [0, 0.1) is 0 Å². The summed E-state index contributed by atoms with van der Waals surface area (Å²) in [7, 11) is 0. The first kappa shape index (κ1) is 24.0. The summed E-state index contributed by atoms with van der Waals surface area (Å²) < 4.78 is 10.9. The third kappa shape index (κ3) is 5.06. The van der Waals surface area contributed by atoms with Crippen LogP contribution in [0.25, 0.3) is 33.4 Å². The second-order valence-electron chi connectivity index (χ2n) is 9.14. The first-order valence-corrected chi connectivity index (χ1v) is 12.6. The fourth-order valence-corrected chi connectivity index (χ4v) is 4.64. The van der Waals surface area contributed by atoms with Crippen LogP contribution in [0.3, 0.4) is 0 Å². The predicted octanol–water partition coefficient (Wildman–Crippen LogP) is 3.04. The number of nitrogen functional groups attached to an aromatic ring is 1. The van der Waals surface area contributed by atoms with E-state index >= 15 is 0 Å². The number of benzene rings is 2. The molecule has 0 atom stereocenters. The number of carbonyl (C=O) groups excluding carboxylic acids is 1. The van der Waals surface area contributed by atoms with E-state index < -0.39 is 0 Å². The Balaban J connectivity index is 1.36. The standard InChI is InChI=1S/C27H28N8O3/c28-26-29-16-20(17-30-26)24-32-23-15-19(4-5-22(23)25(33-24)34-6-10-37-11-7-34)18-2-1-3-21(14-18)31-27(36)35-8-12-38-13-9-35/h1-5,14-17H,6-13H2,(H,31,36)(H2,28,29,30). The average Bonchev–Trinajstić information content (AvgIpc) is 2.97. The molecule has 2 aliphatic rings. The van der Waals surface area contributed by atoms with E-state index in [1.807, 2.05) is 30.3 Å². The fraction of sp³-hybridized carbons (Fsp3) is 0.296. The number of rotatable bonds is 4. The van der Waals surface area contributed by atoms with Crippen LogP contribution >= 0.6 is 0 Å². The van der Waals surface area contributed by atoms with Crippen LogP contribution in [-0.2, 0) is 9.47 Å². The Morgan fingerprint density at radius 2 is 1.55 bits per heavy atom. The highest BCUT2D eigenvalue weighted by atomic mass is 16.5. The number of nitrogens with zero attached hydrogens (tertiary/aromatic N) is 6. The third-order valence-electron chi connectivity index (χ3n) is 6.66. The van der Waals surface area contributed by atoms with Gasteiger partial charge in [0, 0.05) is 49.6 Å². The molecule has 11 nitrogen and oxygen atoms in total. The number of nitrogens with two attached hydrogens (primary N) is 1. The van der Waals surface area contributed by atoms with Crippen molar-refractivity contribution in [2.45, 2.75) is 0 Å². The van der Waals surface area contributed by atoms with E-state index in [1.54, 1.807) is 17.3 Å². The third-order valence-corrected chi connectivity index (χ3v) is 6.66. The zero-order valence-corrected chi connectivity index (χ0v) is 20.8. The molecule has 4 aromatic rings. The van der Waals surface area contributed by atoms with Gasteiger partial charge >= 0.3 is 6.03 Å². The Morgan fingerprint density at radius 1 is 0.842 bits per heavy atom. The maximum Gasteiger partial charge on any atom is 0.321 e. The topological polar surface area (TPSA) is 132 Å². The molecule has 11 heteroatoms. The van der Waals surface area contributed by atoms with E-state index in [-0.39, 0.29) is 12.0 Å². The van der Waals surface area contributed by atoms with E-state index in [1.165, 1.54) is 0 Å². The lowest BCUT2D eigenvalue weighted by molar-refractivity contribution is 0.0564. The molecule has 3 N–H and O–H groups in total. The molecule has 2 aromatic carbocycles. The van der Waals surface area contributed by atoms with Crippen LogP contribution in [0.5, 0.6) is 0 Å². The number of hydrogen-bond donors (Lipinski definition) is 2. The lowest BCUT2D eigenvalue weighted by Gasteiger charge is -2.29. The maximum absolute atomic E-state index is 12.7. The molecule has 194 valence electrons. The Labute approximate surface area is 219 Å². The summed E-state index contributed by atoms with van der Waals surface area (Å²) in [6.45, 7) is 5.07. The molecular weight excluding hydrogens is 484 g/mol. The molecule has 2 aliphatic heterocycles. The van der Waals surface area contributed by atoms with Crippen LogP contribution in [0.4, 0.5) is 22.2 Å². The SMILES string of the molecule is Nc1ncc(-c2nc(N3CCOCC3)c3ccc(-c4cccc(NC(=O)N5CCOCC5)c4)cc3n2)cn1. The van der Waals surface area contributed by atoms with Gasteiger partial charge in [-0.2, -0.15) is 0 Å². The first-order valence-electron chi connectivity index (χ1n) is 12.6. The van der Waals surface area contributed by atoms with E-state index in [2.05, 4.69) is 32.3 Å². The molecule has 0 spiro atoms. The highest BCUT2D eigenvalue weighted by molar-refractivity contribution is 5.95. The Hall–Kier alpha value is -4.35. The molecule has 0 saturated carbocycles. The van der Waals surface area contributed by atoms with Gasteiger partial charge in [-0.3, -0.25) is 0 Å². The molecule has 4 heterocycles. The smallest absolute Gasteiger partial charge is 0.321 e. The number of morpholine rings is 2. The van der Waals surface area contributed by atoms with Crippen molar-refractivity contribution in [1.82, 2.24) is 24.8 Å². The van der Waals surface area contributed by atoms with Crippen LogP contribution in [0.1, 0.15) is 0 Å².